The number of para-hydroxylation sites is 1. The van der Waals surface area contributed by atoms with Gasteiger partial charge in [0.2, 0.25) is 0 Å². The van der Waals surface area contributed by atoms with Gasteiger partial charge in [0.05, 0.1) is 15.8 Å². The lowest BCUT2D eigenvalue weighted by atomic mass is 10.2. The summed E-state index contributed by atoms with van der Waals surface area (Å²) in [5.74, 6) is -0.531. The van der Waals surface area contributed by atoms with Crippen molar-refractivity contribution in [2.45, 2.75) is 0 Å². The molecule has 3 aromatic rings. The van der Waals surface area contributed by atoms with Crippen LogP contribution in [-0.2, 0) is 0 Å². The van der Waals surface area contributed by atoms with Gasteiger partial charge in [-0.3, -0.25) is 24.8 Å². The first kappa shape index (κ1) is 12.8. The van der Waals surface area contributed by atoms with E-state index in [1.165, 1.54) is 24.3 Å². The summed E-state index contributed by atoms with van der Waals surface area (Å²) in [5, 5.41) is 13.6. The van der Waals surface area contributed by atoms with E-state index in [1.54, 1.807) is 24.3 Å². The van der Waals surface area contributed by atoms with Crippen LogP contribution < -0.4 is 5.56 Å². The zero-order valence-electron chi connectivity index (χ0n) is 10.6. The Bertz CT molecular complexity index is 923. The number of nitro benzene ring substituents is 1. The van der Waals surface area contributed by atoms with Crippen molar-refractivity contribution in [3.8, 4) is 0 Å². The van der Waals surface area contributed by atoms with Gasteiger partial charge in [0.15, 0.2) is 0 Å². The Hall–Kier alpha value is -3.22. The number of carbonyl (C=O) groups is 1. The molecule has 7 heteroatoms. The number of aromatic nitrogens is 2. The first-order chi connectivity index (χ1) is 10.1. The van der Waals surface area contributed by atoms with E-state index >= 15 is 0 Å². The summed E-state index contributed by atoms with van der Waals surface area (Å²) >= 11 is 0. The molecule has 0 fully saturated rings. The number of rotatable bonds is 2. The molecule has 0 aliphatic carbocycles. The van der Waals surface area contributed by atoms with Crippen LogP contribution in [0.25, 0.3) is 10.9 Å². The molecule has 1 aromatic heterocycles. The quantitative estimate of drug-likeness (QED) is 0.573. The van der Waals surface area contributed by atoms with Crippen molar-refractivity contribution in [3.05, 3.63) is 74.6 Å². The Kier molecular flexibility index (Phi) is 2.87. The Morgan fingerprint density at radius 2 is 1.90 bits per heavy atom. The normalized spacial score (nSPS) is 10.7. The molecule has 0 radical (unpaired) electrons. The van der Waals surface area contributed by atoms with Crippen molar-refractivity contribution >= 4 is 22.5 Å². The predicted molar refractivity (Wildman–Crippen MR) is 75.4 cm³/mol. The molecule has 21 heavy (non-hydrogen) atoms. The van der Waals surface area contributed by atoms with Crippen LogP contribution in [0.1, 0.15) is 10.4 Å². The number of hydrogen-bond acceptors (Lipinski definition) is 4. The van der Waals surface area contributed by atoms with Gasteiger partial charge in [-0.15, -0.1) is 0 Å². The summed E-state index contributed by atoms with van der Waals surface area (Å²) in [6, 6.07) is 12.0. The van der Waals surface area contributed by atoms with E-state index in [2.05, 4.69) is 5.10 Å². The van der Waals surface area contributed by atoms with Crippen molar-refractivity contribution in [2.75, 3.05) is 0 Å². The molecule has 0 aliphatic rings. The van der Waals surface area contributed by atoms with Crippen LogP contribution in [-0.4, -0.2) is 20.6 Å². The number of non-ortho nitro benzene ring substituents is 1. The molecule has 3 rings (SSSR count). The average molecular weight is 283 g/mol. The zero-order chi connectivity index (χ0) is 15.0. The summed E-state index contributed by atoms with van der Waals surface area (Å²) in [5.41, 5.74) is -0.00995. The minimum Gasteiger partial charge on any atom is -0.267 e. The molecule has 1 N–H and O–H groups in total. The second kappa shape index (κ2) is 4.71. The van der Waals surface area contributed by atoms with Gasteiger partial charge in [0.25, 0.3) is 17.2 Å². The molecule has 0 bridgehead atoms. The lowest BCUT2D eigenvalue weighted by Crippen LogP contribution is -2.16. The SMILES string of the molecule is O=C(c1cccc([N+](=O)[O-])c1)n1[nH]c(=O)c2ccccc21. The van der Waals surface area contributed by atoms with Gasteiger partial charge < -0.3 is 0 Å². The van der Waals surface area contributed by atoms with Gasteiger partial charge in [-0.1, -0.05) is 18.2 Å². The van der Waals surface area contributed by atoms with Gasteiger partial charge in [0.1, 0.15) is 0 Å². The molecular formula is C14H9N3O4. The number of hydrogen-bond donors (Lipinski definition) is 1. The fraction of sp³-hybridized carbons (Fsp3) is 0. The van der Waals surface area contributed by atoms with Crippen LogP contribution in [0.4, 0.5) is 5.69 Å². The molecule has 0 aliphatic heterocycles. The second-order valence-electron chi connectivity index (χ2n) is 4.41. The molecule has 0 atom stereocenters. The Balaban J connectivity index is 2.15. The first-order valence-electron chi connectivity index (χ1n) is 6.07. The van der Waals surface area contributed by atoms with E-state index in [9.17, 15) is 19.7 Å². The maximum atomic E-state index is 12.4. The van der Waals surface area contributed by atoms with E-state index < -0.39 is 10.8 Å². The number of carbonyl (C=O) groups excluding carboxylic acids is 1. The fourth-order valence-corrected chi connectivity index (χ4v) is 2.12. The molecule has 104 valence electrons. The van der Waals surface area contributed by atoms with Gasteiger partial charge in [-0.25, -0.2) is 4.68 Å². The van der Waals surface area contributed by atoms with E-state index in [0.29, 0.717) is 10.9 Å². The first-order valence-corrected chi connectivity index (χ1v) is 6.07. The average Bonchev–Trinajstić information content (AvgIpc) is 2.84. The number of nitrogens with zero attached hydrogens (tertiary/aromatic N) is 2. The highest BCUT2D eigenvalue weighted by Gasteiger charge is 2.16. The molecule has 0 unspecified atom stereocenters. The standard InChI is InChI=1S/C14H9N3O4/c18-13-11-6-1-2-7-12(11)16(15-13)14(19)9-4-3-5-10(8-9)17(20)21/h1-8H,(H,15,18). The van der Waals surface area contributed by atoms with Crippen LogP contribution in [0.3, 0.4) is 0 Å². The molecule has 0 amide bonds. The van der Waals surface area contributed by atoms with Gasteiger partial charge in [-0.2, -0.15) is 0 Å². The van der Waals surface area contributed by atoms with Crippen LogP contribution in [0.5, 0.6) is 0 Å². The van der Waals surface area contributed by atoms with Crippen molar-refractivity contribution in [1.29, 1.82) is 0 Å². The second-order valence-corrected chi connectivity index (χ2v) is 4.41. The Morgan fingerprint density at radius 1 is 1.14 bits per heavy atom. The number of aromatic amines is 1. The number of benzene rings is 2. The van der Waals surface area contributed by atoms with Gasteiger partial charge in [-0.05, 0) is 18.2 Å². The maximum absolute atomic E-state index is 12.4. The van der Waals surface area contributed by atoms with Crippen LogP contribution in [0, 0.1) is 10.1 Å². The highest BCUT2D eigenvalue weighted by Crippen LogP contribution is 2.16. The van der Waals surface area contributed by atoms with Crippen LogP contribution in [0.15, 0.2) is 53.3 Å². The highest BCUT2D eigenvalue weighted by atomic mass is 16.6. The van der Waals surface area contributed by atoms with Crippen molar-refractivity contribution in [3.63, 3.8) is 0 Å². The molecule has 2 aromatic carbocycles. The monoisotopic (exact) mass is 283 g/mol. The minimum absolute atomic E-state index is 0.126. The van der Waals surface area contributed by atoms with Gasteiger partial charge >= 0.3 is 0 Å². The Labute approximate surface area is 117 Å². The highest BCUT2D eigenvalue weighted by molar-refractivity contribution is 6.01. The summed E-state index contributed by atoms with van der Waals surface area (Å²) in [6.07, 6.45) is 0. The molecule has 0 saturated carbocycles. The summed E-state index contributed by atoms with van der Waals surface area (Å²) < 4.78 is 1.09. The van der Waals surface area contributed by atoms with Crippen LogP contribution >= 0.6 is 0 Å². The topological polar surface area (TPSA) is 98.0 Å². The third kappa shape index (κ3) is 2.10. The smallest absolute Gasteiger partial charge is 0.267 e. The summed E-state index contributed by atoms with van der Waals surface area (Å²) in [4.78, 5) is 34.4. The maximum Gasteiger partial charge on any atom is 0.277 e. The van der Waals surface area contributed by atoms with Crippen molar-refractivity contribution < 1.29 is 9.72 Å². The van der Waals surface area contributed by atoms with Crippen LogP contribution in [0.2, 0.25) is 0 Å². The molecule has 0 spiro atoms. The predicted octanol–water partition coefficient (Wildman–Crippen LogP) is 1.93. The number of nitro groups is 1. The molecular weight excluding hydrogens is 274 g/mol. The molecule has 1 heterocycles. The minimum atomic E-state index is -0.576. The van der Waals surface area contributed by atoms with E-state index in [0.717, 1.165) is 4.68 Å². The van der Waals surface area contributed by atoms with Crippen molar-refractivity contribution in [1.82, 2.24) is 9.78 Å². The third-order valence-corrected chi connectivity index (χ3v) is 3.11. The number of H-pyrrole nitrogens is 1. The van der Waals surface area contributed by atoms with Crippen molar-refractivity contribution in [2.24, 2.45) is 0 Å². The van der Waals surface area contributed by atoms with Gasteiger partial charge in [0, 0.05) is 17.7 Å². The fourth-order valence-electron chi connectivity index (χ4n) is 2.12. The Morgan fingerprint density at radius 3 is 2.67 bits per heavy atom. The van der Waals surface area contributed by atoms with E-state index in [4.69, 9.17) is 0 Å². The van der Waals surface area contributed by atoms with E-state index in [-0.39, 0.29) is 16.8 Å². The molecule has 7 nitrogen and oxygen atoms in total. The molecule has 0 saturated heterocycles. The third-order valence-electron chi connectivity index (χ3n) is 3.11. The summed E-state index contributed by atoms with van der Waals surface area (Å²) in [7, 11) is 0. The number of fused-ring (bicyclic) bond motifs is 1. The lowest BCUT2D eigenvalue weighted by molar-refractivity contribution is -0.384. The number of nitrogens with one attached hydrogen (secondary N) is 1. The van der Waals surface area contributed by atoms with E-state index in [1.807, 2.05) is 0 Å². The zero-order valence-corrected chi connectivity index (χ0v) is 10.6. The summed E-state index contributed by atoms with van der Waals surface area (Å²) in [6.45, 7) is 0. The largest absolute Gasteiger partial charge is 0.277 e. The lowest BCUT2D eigenvalue weighted by Gasteiger charge is -2.03.